The Morgan fingerprint density at radius 2 is 2.00 bits per heavy atom. The summed E-state index contributed by atoms with van der Waals surface area (Å²) in [7, 11) is 1.67. The number of halogens is 4. The summed E-state index contributed by atoms with van der Waals surface area (Å²) in [5.74, 6) is 1.38. The Morgan fingerprint density at radius 3 is 2.58 bits per heavy atom. The lowest BCUT2D eigenvalue weighted by Crippen LogP contribution is -2.48. The highest BCUT2D eigenvalue weighted by molar-refractivity contribution is 14.0. The predicted molar refractivity (Wildman–Crippen MR) is 132 cm³/mol. The van der Waals surface area contributed by atoms with Crippen LogP contribution in [0, 0.1) is 0 Å². The van der Waals surface area contributed by atoms with E-state index in [0.717, 1.165) is 42.3 Å². The molecule has 1 fully saturated rings. The number of nitrogens with one attached hydrogen (secondary N) is 2. The molecule has 33 heavy (non-hydrogen) atoms. The first-order chi connectivity index (χ1) is 15.4. The molecular formula is C23H26F3IN6. The Morgan fingerprint density at radius 1 is 1.18 bits per heavy atom. The van der Waals surface area contributed by atoms with E-state index in [1.165, 1.54) is 12.1 Å². The van der Waals surface area contributed by atoms with Crippen LogP contribution in [0.5, 0.6) is 0 Å². The van der Waals surface area contributed by atoms with E-state index in [4.69, 9.17) is 0 Å². The van der Waals surface area contributed by atoms with Gasteiger partial charge in [0.15, 0.2) is 5.96 Å². The van der Waals surface area contributed by atoms with Gasteiger partial charge in [-0.1, -0.05) is 30.7 Å². The number of hydrogen-bond donors (Lipinski definition) is 2. The summed E-state index contributed by atoms with van der Waals surface area (Å²) in [5.41, 5.74) is 0.789. The smallest absolute Gasteiger partial charge is 0.356 e. The first-order valence-corrected chi connectivity index (χ1v) is 10.5. The third-order valence-electron chi connectivity index (χ3n) is 5.97. The molecule has 0 saturated heterocycles. The van der Waals surface area contributed by atoms with Crippen LogP contribution in [0.2, 0.25) is 0 Å². The largest absolute Gasteiger partial charge is 0.416 e. The molecule has 10 heteroatoms. The quantitative estimate of drug-likeness (QED) is 0.257. The predicted octanol–water partition coefficient (Wildman–Crippen LogP) is 4.69. The minimum absolute atomic E-state index is 0. The van der Waals surface area contributed by atoms with Crippen LogP contribution in [0.1, 0.15) is 36.0 Å². The number of alkyl halides is 3. The van der Waals surface area contributed by atoms with Crippen molar-refractivity contribution in [2.24, 2.45) is 4.99 Å². The summed E-state index contributed by atoms with van der Waals surface area (Å²) in [4.78, 5) is 12.7. The van der Waals surface area contributed by atoms with Gasteiger partial charge in [-0.15, -0.1) is 24.0 Å². The molecule has 4 rings (SSSR count). The number of pyridine rings is 1. The molecule has 0 atom stereocenters. The van der Waals surface area contributed by atoms with E-state index in [-0.39, 0.29) is 29.4 Å². The van der Waals surface area contributed by atoms with Gasteiger partial charge in [0.25, 0.3) is 0 Å². The lowest BCUT2D eigenvalue weighted by molar-refractivity contribution is -0.137. The molecule has 0 amide bonds. The molecule has 6 nitrogen and oxygen atoms in total. The first-order valence-electron chi connectivity index (χ1n) is 10.5. The van der Waals surface area contributed by atoms with E-state index < -0.39 is 11.7 Å². The number of benzene rings is 1. The van der Waals surface area contributed by atoms with Crippen LogP contribution < -0.4 is 10.6 Å². The normalized spacial score (nSPS) is 15.3. The SMILES string of the molecule is CN=C(NCc1ccc(-n2ccnc2)nc1)NCC1(c2cccc(C(F)(F)F)c2)CCC1.I. The second-order valence-electron chi connectivity index (χ2n) is 7.99. The van der Waals surface area contributed by atoms with Crippen molar-refractivity contribution in [2.75, 3.05) is 13.6 Å². The number of rotatable bonds is 6. The molecule has 0 radical (unpaired) electrons. The summed E-state index contributed by atoms with van der Waals surface area (Å²) in [6.45, 7) is 1.04. The zero-order chi connectivity index (χ0) is 22.6. The minimum Gasteiger partial charge on any atom is -0.356 e. The van der Waals surface area contributed by atoms with Crippen LogP contribution in [0.4, 0.5) is 13.2 Å². The van der Waals surface area contributed by atoms with Crippen molar-refractivity contribution in [3.05, 3.63) is 78.0 Å². The lowest BCUT2D eigenvalue weighted by Gasteiger charge is -2.43. The fourth-order valence-electron chi connectivity index (χ4n) is 3.92. The summed E-state index contributed by atoms with van der Waals surface area (Å²) in [5, 5.41) is 6.55. The van der Waals surface area contributed by atoms with Crippen molar-refractivity contribution in [1.82, 2.24) is 25.2 Å². The Bertz CT molecular complexity index is 1060. The zero-order valence-corrected chi connectivity index (χ0v) is 20.5. The molecule has 0 spiro atoms. The number of guanidine groups is 1. The van der Waals surface area contributed by atoms with Crippen LogP contribution in [-0.2, 0) is 18.1 Å². The molecule has 1 aliphatic carbocycles. The number of imidazole rings is 1. The van der Waals surface area contributed by atoms with E-state index in [0.29, 0.717) is 19.0 Å². The van der Waals surface area contributed by atoms with Crippen molar-refractivity contribution in [2.45, 2.75) is 37.4 Å². The maximum atomic E-state index is 13.2. The van der Waals surface area contributed by atoms with Crippen LogP contribution in [0.25, 0.3) is 5.82 Å². The Balaban J connectivity index is 0.00000306. The number of aliphatic imine (C=N–C) groups is 1. The van der Waals surface area contributed by atoms with Gasteiger partial charge in [-0.3, -0.25) is 9.56 Å². The molecule has 3 aromatic rings. The second kappa shape index (κ2) is 10.5. The van der Waals surface area contributed by atoms with Gasteiger partial charge in [-0.2, -0.15) is 13.2 Å². The minimum atomic E-state index is -4.34. The summed E-state index contributed by atoms with van der Waals surface area (Å²) in [6, 6.07) is 9.57. The van der Waals surface area contributed by atoms with E-state index in [1.807, 2.05) is 22.9 Å². The molecule has 1 saturated carbocycles. The van der Waals surface area contributed by atoms with Crippen LogP contribution in [0.3, 0.4) is 0 Å². The van der Waals surface area contributed by atoms with Crippen LogP contribution >= 0.6 is 24.0 Å². The third kappa shape index (κ3) is 5.84. The summed E-state index contributed by atoms with van der Waals surface area (Å²) >= 11 is 0. The fourth-order valence-corrected chi connectivity index (χ4v) is 3.92. The number of hydrogen-bond acceptors (Lipinski definition) is 3. The van der Waals surface area contributed by atoms with Gasteiger partial charge in [0.05, 0.1) is 5.56 Å². The highest BCUT2D eigenvalue weighted by Gasteiger charge is 2.40. The lowest BCUT2D eigenvalue weighted by atomic mass is 9.64. The van der Waals surface area contributed by atoms with Gasteiger partial charge in [-0.05, 0) is 36.1 Å². The average molecular weight is 570 g/mol. The Hall–Kier alpha value is -2.63. The van der Waals surface area contributed by atoms with Gasteiger partial charge in [0.1, 0.15) is 12.1 Å². The molecule has 1 aromatic carbocycles. The first kappa shape index (κ1) is 25.0. The summed E-state index contributed by atoms with van der Waals surface area (Å²) in [6.07, 6.45) is 5.34. The number of aromatic nitrogens is 3. The van der Waals surface area contributed by atoms with Gasteiger partial charge < -0.3 is 10.6 Å². The van der Waals surface area contributed by atoms with Gasteiger partial charge >= 0.3 is 6.18 Å². The number of nitrogens with zero attached hydrogens (tertiary/aromatic N) is 4. The highest BCUT2D eigenvalue weighted by Crippen LogP contribution is 2.44. The van der Waals surface area contributed by atoms with Gasteiger partial charge in [-0.25, -0.2) is 9.97 Å². The van der Waals surface area contributed by atoms with E-state index >= 15 is 0 Å². The fraction of sp³-hybridized carbons (Fsp3) is 0.348. The van der Waals surface area contributed by atoms with Gasteiger partial charge in [0, 0.05) is 44.1 Å². The molecule has 2 N–H and O–H groups in total. The second-order valence-corrected chi connectivity index (χ2v) is 7.99. The van der Waals surface area contributed by atoms with Gasteiger partial charge in [0.2, 0.25) is 0 Å². The zero-order valence-electron chi connectivity index (χ0n) is 18.1. The maximum Gasteiger partial charge on any atom is 0.416 e. The maximum absolute atomic E-state index is 13.2. The van der Waals surface area contributed by atoms with E-state index in [1.54, 1.807) is 31.8 Å². The van der Waals surface area contributed by atoms with Crippen molar-refractivity contribution in [3.8, 4) is 5.82 Å². The molecule has 0 bridgehead atoms. The van der Waals surface area contributed by atoms with E-state index in [2.05, 4.69) is 25.6 Å². The topological polar surface area (TPSA) is 67.1 Å². The van der Waals surface area contributed by atoms with Crippen molar-refractivity contribution in [3.63, 3.8) is 0 Å². The molecule has 176 valence electrons. The molecule has 2 aromatic heterocycles. The third-order valence-corrected chi connectivity index (χ3v) is 5.97. The molecule has 1 aliphatic rings. The highest BCUT2D eigenvalue weighted by atomic mass is 127. The Labute approximate surface area is 207 Å². The van der Waals surface area contributed by atoms with Crippen LogP contribution in [-0.4, -0.2) is 34.1 Å². The average Bonchev–Trinajstić information content (AvgIpc) is 3.30. The molecule has 0 aliphatic heterocycles. The van der Waals surface area contributed by atoms with Crippen molar-refractivity contribution < 1.29 is 13.2 Å². The standard InChI is InChI=1S/C23H25F3N6.HI/c1-27-21(30-14-17-6-7-20(29-13-17)32-11-10-28-16-32)31-15-22(8-3-9-22)18-4-2-5-19(12-18)23(24,25)26;/h2,4-7,10-13,16H,3,8-9,14-15H2,1H3,(H2,27,30,31);1H. The van der Waals surface area contributed by atoms with Crippen molar-refractivity contribution >= 4 is 29.9 Å². The van der Waals surface area contributed by atoms with Crippen molar-refractivity contribution in [1.29, 1.82) is 0 Å². The Kier molecular flexibility index (Phi) is 7.98. The molecule has 0 unspecified atom stereocenters. The monoisotopic (exact) mass is 570 g/mol. The van der Waals surface area contributed by atoms with E-state index in [9.17, 15) is 13.2 Å². The van der Waals surface area contributed by atoms with Crippen LogP contribution in [0.15, 0.2) is 66.3 Å². The summed E-state index contributed by atoms with van der Waals surface area (Å²) < 4.78 is 41.3. The molecular weight excluding hydrogens is 544 g/mol. The molecule has 2 heterocycles.